The quantitative estimate of drug-likeness (QED) is 0.351. The summed E-state index contributed by atoms with van der Waals surface area (Å²) in [5, 5.41) is 11.0. The molecule has 0 aliphatic heterocycles. The molecule has 7 nitrogen and oxygen atoms in total. The fourth-order valence-electron chi connectivity index (χ4n) is 3.68. The van der Waals surface area contributed by atoms with Gasteiger partial charge < -0.3 is 15.4 Å². The number of halogens is 1. The Kier molecular flexibility index (Phi) is 9.12. The van der Waals surface area contributed by atoms with Crippen LogP contribution >= 0.6 is 24.0 Å². The SMILES string of the molecule is CCNC(=NCc1ncnn1C)NC1CC(OCC)C1(CC)CC.I. The van der Waals surface area contributed by atoms with Gasteiger partial charge in [0, 0.05) is 31.7 Å². The van der Waals surface area contributed by atoms with Crippen LogP contribution in [-0.2, 0) is 18.3 Å². The van der Waals surface area contributed by atoms with Gasteiger partial charge in [0.1, 0.15) is 18.7 Å². The van der Waals surface area contributed by atoms with E-state index in [2.05, 4.69) is 53.4 Å². The Morgan fingerprint density at radius 3 is 2.60 bits per heavy atom. The van der Waals surface area contributed by atoms with Gasteiger partial charge >= 0.3 is 0 Å². The number of aryl methyl sites for hydroxylation is 1. The number of nitrogens with zero attached hydrogens (tertiary/aromatic N) is 4. The third-order valence-corrected chi connectivity index (χ3v) is 5.31. The van der Waals surface area contributed by atoms with Crippen molar-refractivity contribution in [1.29, 1.82) is 0 Å². The number of aliphatic imine (C=N–C) groups is 1. The molecule has 25 heavy (non-hydrogen) atoms. The van der Waals surface area contributed by atoms with Crippen LogP contribution in [0.25, 0.3) is 0 Å². The van der Waals surface area contributed by atoms with Crippen LogP contribution in [0.3, 0.4) is 0 Å². The Hall–Kier alpha value is -0.900. The van der Waals surface area contributed by atoms with Gasteiger partial charge in [0.15, 0.2) is 5.96 Å². The van der Waals surface area contributed by atoms with Gasteiger partial charge in [-0.05, 0) is 33.1 Å². The third-order valence-electron chi connectivity index (χ3n) is 5.31. The average Bonchev–Trinajstić information content (AvgIpc) is 2.98. The van der Waals surface area contributed by atoms with Gasteiger partial charge in [-0.2, -0.15) is 5.10 Å². The van der Waals surface area contributed by atoms with Crippen LogP contribution in [-0.4, -0.2) is 46.0 Å². The van der Waals surface area contributed by atoms with E-state index in [4.69, 9.17) is 4.74 Å². The Morgan fingerprint density at radius 2 is 2.08 bits per heavy atom. The topological polar surface area (TPSA) is 76.4 Å². The number of guanidine groups is 1. The molecule has 144 valence electrons. The predicted molar refractivity (Wildman–Crippen MR) is 111 cm³/mol. The highest BCUT2D eigenvalue weighted by Crippen LogP contribution is 2.48. The number of hydrogen-bond acceptors (Lipinski definition) is 4. The lowest BCUT2D eigenvalue weighted by molar-refractivity contribution is -0.133. The molecule has 0 radical (unpaired) electrons. The van der Waals surface area contributed by atoms with Crippen LogP contribution in [0.5, 0.6) is 0 Å². The van der Waals surface area contributed by atoms with Crippen molar-refractivity contribution in [2.45, 2.75) is 65.6 Å². The molecule has 1 aliphatic carbocycles. The summed E-state index contributed by atoms with van der Waals surface area (Å²) in [7, 11) is 1.88. The van der Waals surface area contributed by atoms with E-state index in [0.29, 0.717) is 18.7 Å². The van der Waals surface area contributed by atoms with Gasteiger partial charge in [-0.1, -0.05) is 13.8 Å². The van der Waals surface area contributed by atoms with Crippen LogP contribution in [0.1, 0.15) is 52.8 Å². The molecule has 2 N–H and O–H groups in total. The van der Waals surface area contributed by atoms with E-state index >= 15 is 0 Å². The van der Waals surface area contributed by atoms with E-state index < -0.39 is 0 Å². The largest absolute Gasteiger partial charge is 0.378 e. The molecule has 0 aromatic carbocycles. The van der Waals surface area contributed by atoms with Crippen molar-refractivity contribution in [3.05, 3.63) is 12.2 Å². The zero-order valence-electron chi connectivity index (χ0n) is 16.1. The van der Waals surface area contributed by atoms with Gasteiger partial charge in [0.25, 0.3) is 0 Å². The Labute approximate surface area is 168 Å². The van der Waals surface area contributed by atoms with Gasteiger partial charge in [0.05, 0.1) is 6.10 Å². The fraction of sp³-hybridized carbons (Fsp3) is 0.824. The molecule has 1 fully saturated rings. The first kappa shape index (κ1) is 22.1. The van der Waals surface area contributed by atoms with Gasteiger partial charge in [-0.15, -0.1) is 24.0 Å². The fourth-order valence-corrected chi connectivity index (χ4v) is 3.68. The van der Waals surface area contributed by atoms with E-state index in [9.17, 15) is 0 Å². The number of ether oxygens (including phenoxy) is 1. The molecule has 0 amide bonds. The highest BCUT2D eigenvalue weighted by atomic mass is 127. The van der Waals surface area contributed by atoms with Crippen molar-refractivity contribution in [1.82, 2.24) is 25.4 Å². The molecule has 2 unspecified atom stereocenters. The highest BCUT2D eigenvalue weighted by molar-refractivity contribution is 14.0. The first-order valence-corrected chi connectivity index (χ1v) is 9.10. The van der Waals surface area contributed by atoms with Crippen LogP contribution in [0, 0.1) is 5.41 Å². The second kappa shape index (κ2) is 10.3. The lowest BCUT2D eigenvalue weighted by Crippen LogP contribution is -2.65. The maximum absolute atomic E-state index is 5.96. The molecule has 0 bridgehead atoms. The normalized spacial score (nSPS) is 22.0. The summed E-state index contributed by atoms with van der Waals surface area (Å²) in [5.74, 6) is 1.69. The minimum Gasteiger partial charge on any atom is -0.378 e. The molecule has 8 heteroatoms. The molecule has 1 saturated carbocycles. The van der Waals surface area contributed by atoms with Gasteiger partial charge in [0.2, 0.25) is 0 Å². The van der Waals surface area contributed by atoms with Crippen molar-refractivity contribution in [3.63, 3.8) is 0 Å². The van der Waals surface area contributed by atoms with Crippen LogP contribution in [0.2, 0.25) is 0 Å². The summed E-state index contributed by atoms with van der Waals surface area (Å²) in [5.41, 5.74) is 0.191. The molecule has 0 spiro atoms. The Morgan fingerprint density at radius 1 is 1.36 bits per heavy atom. The van der Waals surface area contributed by atoms with Crippen molar-refractivity contribution in [2.75, 3.05) is 13.2 Å². The first-order valence-electron chi connectivity index (χ1n) is 9.10. The number of nitrogens with one attached hydrogen (secondary N) is 2. The van der Waals surface area contributed by atoms with Crippen LogP contribution < -0.4 is 10.6 Å². The standard InChI is InChI=1S/C17H32N6O.HI/c1-6-17(7-2)13(10-14(17)24-9-4)22-16(18-8-3)19-11-15-20-12-21-23(15)5;/h12-14H,6-11H2,1-5H3,(H2,18,19,22);1H. The first-order chi connectivity index (χ1) is 11.6. The zero-order valence-corrected chi connectivity index (χ0v) is 18.4. The van der Waals surface area contributed by atoms with E-state index in [1.165, 1.54) is 0 Å². The summed E-state index contributed by atoms with van der Waals surface area (Å²) in [6.45, 7) is 10.8. The molecule has 1 aromatic heterocycles. The lowest BCUT2D eigenvalue weighted by atomic mass is 9.58. The molecular weight excluding hydrogens is 431 g/mol. The molecule has 0 saturated heterocycles. The van der Waals surface area contributed by atoms with E-state index in [-0.39, 0.29) is 29.4 Å². The zero-order chi connectivity index (χ0) is 17.6. The summed E-state index contributed by atoms with van der Waals surface area (Å²) in [6, 6.07) is 0.390. The van der Waals surface area contributed by atoms with Crippen molar-refractivity contribution < 1.29 is 4.74 Å². The number of aromatic nitrogens is 3. The van der Waals surface area contributed by atoms with Crippen LogP contribution in [0.4, 0.5) is 0 Å². The maximum Gasteiger partial charge on any atom is 0.191 e. The second-order valence-electron chi connectivity index (χ2n) is 6.31. The van der Waals surface area contributed by atoms with Crippen molar-refractivity contribution in [3.8, 4) is 0 Å². The minimum absolute atomic E-state index is 0. The van der Waals surface area contributed by atoms with E-state index in [1.54, 1.807) is 11.0 Å². The smallest absolute Gasteiger partial charge is 0.191 e. The Bertz CT molecular complexity index is 543. The molecule has 1 aromatic rings. The maximum atomic E-state index is 5.96. The molecular formula is C17H33IN6O. The van der Waals surface area contributed by atoms with Crippen molar-refractivity contribution >= 4 is 29.9 Å². The minimum atomic E-state index is 0. The average molecular weight is 464 g/mol. The highest BCUT2D eigenvalue weighted by Gasteiger charge is 2.53. The molecule has 1 heterocycles. The Balaban J connectivity index is 0.00000312. The number of hydrogen-bond donors (Lipinski definition) is 2. The van der Waals surface area contributed by atoms with E-state index in [0.717, 1.165) is 44.2 Å². The van der Waals surface area contributed by atoms with Gasteiger partial charge in [-0.25, -0.2) is 9.98 Å². The summed E-state index contributed by atoms with van der Waals surface area (Å²) < 4.78 is 7.71. The molecule has 2 rings (SSSR count). The summed E-state index contributed by atoms with van der Waals surface area (Å²) in [4.78, 5) is 8.90. The second-order valence-corrected chi connectivity index (χ2v) is 6.31. The predicted octanol–water partition coefficient (Wildman–Crippen LogP) is 2.47. The molecule has 1 aliphatic rings. The molecule has 2 atom stereocenters. The monoisotopic (exact) mass is 464 g/mol. The van der Waals surface area contributed by atoms with E-state index in [1.807, 2.05) is 7.05 Å². The summed E-state index contributed by atoms with van der Waals surface area (Å²) in [6.07, 6.45) is 5.15. The van der Waals surface area contributed by atoms with Gasteiger partial charge in [-0.3, -0.25) is 4.68 Å². The third kappa shape index (κ3) is 4.84. The number of rotatable bonds is 8. The van der Waals surface area contributed by atoms with Crippen LogP contribution in [0.15, 0.2) is 11.3 Å². The summed E-state index contributed by atoms with van der Waals surface area (Å²) >= 11 is 0. The van der Waals surface area contributed by atoms with Crippen molar-refractivity contribution in [2.24, 2.45) is 17.5 Å². The lowest BCUT2D eigenvalue weighted by Gasteiger charge is -2.55.